The van der Waals surface area contributed by atoms with Crippen LogP contribution in [0.1, 0.15) is 18.2 Å². The lowest BCUT2D eigenvalue weighted by atomic mass is 10.1. The maximum atomic E-state index is 12.4. The highest BCUT2D eigenvalue weighted by molar-refractivity contribution is 7.99. The predicted octanol–water partition coefficient (Wildman–Crippen LogP) is 4.62. The number of anilines is 1. The molecule has 0 aliphatic carbocycles. The average Bonchev–Trinajstić information content (AvgIpc) is 2.68. The number of pyridine rings is 1. The fourth-order valence-corrected chi connectivity index (χ4v) is 3.83. The van der Waals surface area contributed by atoms with Gasteiger partial charge in [-0.3, -0.25) is 9.59 Å². The zero-order valence-electron chi connectivity index (χ0n) is 15.7. The number of amides is 1. The number of ether oxygens (including phenoxy) is 1. The molecule has 5 nitrogen and oxygen atoms in total. The Kier molecular flexibility index (Phi) is 6.65. The van der Waals surface area contributed by atoms with Gasteiger partial charge in [0.25, 0.3) is 0 Å². The first-order valence-corrected chi connectivity index (χ1v) is 10.4. The van der Waals surface area contributed by atoms with Crippen molar-refractivity contribution in [1.82, 2.24) is 4.98 Å². The number of hydrogen-bond acceptors (Lipinski definition) is 4. The van der Waals surface area contributed by atoms with Crippen LogP contribution in [-0.4, -0.2) is 23.8 Å². The minimum atomic E-state index is -0.137. The number of nitrogens with one attached hydrogen (secondary N) is 2. The Hall–Kier alpha value is -2.44. The van der Waals surface area contributed by atoms with Crippen molar-refractivity contribution in [3.63, 3.8) is 0 Å². The topological polar surface area (TPSA) is 71.2 Å². The molecule has 1 aromatic heterocycles. The van der Waals surface area contributed by atoms with Gasteiger partial charge in [0.05, 0.1) is 17.9 Å². The van der Waals surface area contributed by atoms with Crippen molar-refractivity contribution in [2.24, 2.45) is 0 Å². The van der Waals surface area contributed by atoms with E-state index in [2.05, 4.69) is 17.2 Å². The molecule has 3 rings (SSSR count). The lowest BCUT2D eigenvalue weighted by Gasteiger charge is -2.08. The smallest absolute Gasteiger partial charge is 0.234 e. The molecule has 28 heavy (non-hydrogen) atoms. The van der Waals surface area contributed by atoms with Crippen LogP contribution in [0.2, 0.25) is 5.02 Å². The molecule has 7 heteroatoms. The number of halogens is 1. The molecule has 0 saturated heterocycles. The van der Waals surface area contributed by atoms with Crippen LogP contribution in [0.5, 0.6) is 5.75 Å². The normalized spacial score (nSPS) is 10.8. The van der Waals surface area contributed by atoms with Crippen LogP contribution in [0.25, 0.3) is 10.9 Å². The van der Waals surface area contributed by atoms with Gasteiger partial charge in [0, 0.05) is 34.1 Å². The van der Waals surface area contributed by atoms with Crippen molar-refractivity contribution in [2.75, 3.05) is 18.2 Å². The first-order chi connectivity index (χ1) is 13.5. The number of thioether (sulfide) groups is 1. The Morgan fingerprint density at radius 1 is 1.21 bits per heavy atom. The van der Waals surface area contributed by atoms with Crippen molar-refractivity contribution in [3.8, 4) is 5.75 Å². The van der Waals surface area contributed by atoms with E-state index >= 15 is 0 Å². The van der Waals surface area contributed by atoms with Crippen LogP contribution >= 0.6 is 23.4 Å². The second kappa shape index (κ2) is 9.17. The Balaban J connectivity index is 1.59. The van der Waals surface area contributed by atoms with Crippen LogP contribution in [0.3, 0.4) is 0 Å². The van der Waals surface area contributed by atoms with Crippen LogP contribution in [-0.2, 0) is 17.0 Å². The number of aromatic nitrogens is 1. The van der Waals surface area contributed by atoms with Gasteiger partial charge in [0.2, 0.25) is 5.91 Å². The third-order valence-electron chi connectivity index (χ3n) is 4.28. The molecule has 1 heterocycles. The molecule has 0 bridgehead atoms. The van der Waals surface area contributed by atoms with E-state index in [9.17, 15) is 9.59 Å². The molecule has 2 N–H and O–H groups in total. The van der Waals surface area contributed by atoms with E-state index in [1.165, 1.54) is 18.9 Å². The van der Waals surface area contributed by atoms with Gasteiger partial charge in [-0.15, -0.1) is 11.8 Å². The van der Waals surface area contributed by atoms with E-state index in [1.807, 2.05) is 18.2 Å². The van der Waals surface area contributed by atoms with Crippen LogP contribution < -0.4 is 15.5 Å². The Labute approximate surface area is 172 Å². The summed E-state index contributed by atoms with van der Waals surface area (Å²) in [6, 6.07) is 12.6. The maximum Gasteiger partial charge on any atom is 0.234 e. The van der Waals surface area contributed by atoms with Gasteiger partial charge >= 0.3 is 0 Å². The average molecular weight is 417 g/mol. The number of methoxy groups -OCH3 is 1. The van der Waals surface area contributed by atoms with E-state index in [1.54, 1.807) is 24.3 Å². The Bertz CT molecular complexity index is 1070. The molecule has 0 radical (unpaired) electrons. The van der Waals surface area contributed by atoms with Gasteiger partial charge in [0.1, 0.15) is 5.75 Å². The largest absolute Gasteiger partial charge is 0.495 e. The van der Waals surface area contributed by atoms with E-state index < -0.39 is 0 Å². The molecule has 1 amide bonds. The molecule has 0 aliphatic rings. The summed E-state index contributed by atoms with van der Waals surface area (Å²) in [5, 5.41) is 3.94. The van der Waals surface area contributed by atoms with E-state index in [0.717, 1.165) is 23.2 Å². The standard InChI is InChI=1S/C21H21ClN2O3S/c1-3-13-4-6-18-16(8-13)19(25)10-15(23-18)11-28-12-21(26)24-14-5-7-20(27-2)17(22)9-14/h4-10H,3,11-12H2,1-2H3,(H,23,25)(H,24,26). The van der Waals surface area contributed by atoms with E-state index in [0.29, 0.717) is 27.6 Å². The highest BCUT2D eigenvalue weighted by atomic mass is 35.5. The van der Waals surface area contributed by atoms with Gasteiger partial charge in [-0.25, -0.2) is 0 Å². The monoisotopic (exact) mass is 416 g/mol. The fourth-order valence-electron chi connectivity index (χ4n) is 2.84. The molecular formula is C21H21ClN2O3S. The number of benzene rings is 2. The molecule has 0 unspecified atom stereocenters. The second-order valence-electron chi connectivity index (χ2n) is 6.28. The Morgan fingerprint density at radius 3 is 2.75 bits per heavy atom. The summed E-state index contributed by atoms with van der Waals surface area (Å²) in [6.07, 6.45) is 0.890. The molecule has 0 atom stereocenters. The van der Waals surface area contributed by atoms with Crippen molar-refractivity contribution in [3.05, 3.63) is 69.0 Å². The summed E-state index contributed by atoms with van der Waals surface area (Å²) < 4.78 is 5.09. The number of fused-ring (bicyclic) bond motifs is 1. The molecule has 146 valence electrons. The third-order valence-corrected chi connectivity index (χ3v) is 5.56. The number of hydrogen-bond donors (Lipinski definition) is 2. The number of carbonyl (C=O) groups excluding carboxylic acids is 1. The number of aryl methyl sites for hydroxylation is 1. The summed E-state index contributed by atoms with van der Waals surface area (Å²) >= 11 is 7.49. The molecule has 0 fully saturated rings. The SMILES string of the molecule is CCc1ccc2[nH]c(CSCC(=O)Nc3ccc(OC)c(Cl)c3)cc(=O)c2c1. The number of carbonyl (C=O) groups is 1. The highest BCUT2D eigenvalue weighted by Gasteiger charge is 2.08. The van der Waals surface area contributed by atoms with Crippen LogP contribution in [0, 0.1) is 0 Å². The lowest BCUT2D eigenvalue weighted by molar-refractivity contribution is -0.113. The van der Waals surface area contributed by atoms with Crippen LogP contribution in [0.15, 0.2) is 47.3 Å². The van der Waals surface area contributed by atoms with Gasteiger partial charge in [-0.1, -0.05) is 24.6 Å². The first kappa shape index (κ1) is 20.3. The minimum Gasteiger partial charge on any atom is -0.495 e. The summed E-state index contributed by atoms with van der Waals surface area (Å²) in [4.78, 5) is 27.8. The Morgan fingerprint density at radius 2 is 2.04 bits per heavy atom. The summed E-state index contributed by atoms with van der Waals surface area (Å²) in [5.74, 6) is 1.22. The molecular weight excluding hydrogens is 396 g/mol. The molecule has 0 saturated carbocycles. The molecule has 2 aromatic carbocycles. The summed E-state index contributed by atoms with van der Waals surface area (Å²) in [6.45, 7) is 2.06. The van der Waals surface area contributed by atoms with Crippen molar-refractivity contribution in [2.45, 2.75) is 19.1 Å². The molecule has 0 spiro atoms. The van der Waals surface area contributed by atoms with Gasteiger partial charge < -0.3 is 15.0 Å². The highest BCUT2D eigenvalue weighted by Crippen LogP contribution is 2.27. The van der Waals surface area contributed by atoms with E-state index in [-0.39, 0.29) is 17.1 Å². The third kappa shape index (κ3) is 4.88. The van der Waals surface area contributed by atoms with E-state index in [4.69, 9.17) is 16.3 Å². The maximum absolute atomic E-state index is 12.4. The van der Waals surface area contributed by atoms with Crippen molar-refractivity contribution in [1.29, 1.82) is 0 Å². The second-order valence-corrected chi connectivity index (χ2v) is 7.68. The van der Waals surface area contributed by atoms with Crippen LogP contribution in [0.4, 0.5) is 5.69 Å². The van der Waals surface area contributed by atoms with Gasteiger partial charge in [-0.05, 0) is 42.3 Å². The van der Waals surface area contributed by atoms with Gasteiger partial charge in [-0.2, -0.15) is 0 Å². The van der Waals surface area contributed by atoms with Crippen molar-refractivity contribution < 1.29 is 9.53 Å². The number of H-pyrrole nitrogens is 1. The number of rotatable bonds is 7. The summed E-state index contributed by atoms with van der Waals surface area (Å²) in [5.41, 5.74) is 3.36. The quantitative estimate of drug-likeness (QED) is 0.589. The predicted molar refractivity (Wildman–Crippen MR) is 117 cm³/mol. The van der Waals surface area contributed by atoms with Gasteiger partial charge in [0.15, 0.2) is 5.43 Å². The minimum absolute atomic E-state index is 0.00280. The summed E-state index contributed by atoms with van der Waals surface area (Å²) in [7, 11) is 1.54. The zero-order chi connectivity index (χ0) is 20.1. The first-order valence-electron chi connectivity index (χ1n) is 8.86. The fraction of sp³-hybridized carbons (Fsp3) is 0.238. The zero-order valence-corrected chi connectivity index (χ0v) is 17.2. The molecule has 0 aliphatic heterocycles. The van der Waals surface area contributed by atoms with Crippen molar-refractivity contribution >= 4 is 45.9 Å². The molecule has 3 aromatic rings. The number of aromatic amines is 1. The lowest BCUT2D eigenvalue weighted by Crippen LogP contribution is -2.14.